The highest BCUT2D eigenvalue weighted by Crippen LogP contribution is 2.12. The first-order valence-corrected chi connectivity index (χ1v) is 6.60. The molecule has 108 valence electrons. The first-order chi connectivity index (χ1) is 9.50. The summed E-state index contributed by atoms with van der Waals surface area (Å²) >= 11 is 0. The lowest BCUT2D eigenvalue weighted by molar-refractivity contribution is -0.140. The van der Waals surface area contributed by atoms with Crippen LogP contribution in [-0.2, 0) is 19.2 Å². The summed E-state index contributed by atoms with van der Waals surface area (Å²) in [6.45, 7) is 2.45. The van der Waals surface area contributed by atoms with Crippen LogP contribution < -0.4 is 10.6 Å². The van der Waals surface area contributed by atoms with E-state index in [2.05, 4.69) is 10.6 Å². The molecule has 2 rings (SSSR count). The van der Waals surface area contributed by atoms with Crippen molar-refractivity contribution in [2.45, 2.75) is 19.8 Å². The fourth-order valence-electron chi connectivity index (χ4n) is 2.29. The third-order valence-electron chi connectivity index (χ3n) is 3.42. The minimum absolute atomic E-state index is 0.117. The number of imide groups is 1. The van der Waals surface area contributed by atoms with Gasteiger partial charge in [0.1, 0.15) is 5.92 Å². The topological polar surface area (TPSA) is 95.6 Å². The second-order valence-corrected chi connectivity index (χ2v) is 4.90. The molecule has 2 N–H and O–H groups in total. The van der Waals surface area contributed by atoms with E-state index >= 15 is 0 Å². The van der Waals surface area contributed by atoms with Gasteiger partial charge in [-0.25, -0.2) is 0 Å². The quantitative estimate of drug-likeness (QED) is 0.507. The predicted molar refractivity (Wildman–Crippen MR) is 69.2 cm³/mol. The van der Waals surface area contributed by atoms with Crippen LogP contribution in [-0.4, -0.2) is 48.2 Å². The Kier molecular flexibility index (Phi) is 4.16. The number of amides is 4. The van der Waals surface area contributed by atoms with Gasteiger partial charge in [0.15, 0.2) is 0 Å². The molecule has 2 aliphatic heterocycles. The van der Waals surface area contributed by atoms with Crippen molar-refractivity contribution < 1.29 is 19.2 Å². The first kappa shape index (κ1) is 14.2. The minimum Gasteiger partial charge on any atom is -0.355 e. The van der Waals surface area contributed by atoms with E-state index in [1.807, 2.05) is 0 Å². The SMILES string of the molecule is CC1=CC(=O)N(CCNC(=O)[C@@H]2CCCNC2=O)C1=O. The maximum absolute atomic E-state index is 11.8. The zero-order chi connectivity index (χ0) is 14.7. The third kappa shape index (κ3) is 2.87. The summed E-state index contributed by atoms with van der Waals surface area (Å²) in [5.41, 5.74) is 0.396. The van der Waals surface area contributed by atoms with Crippen molar-refractivity contribution in [3.8, 4) is 0 Å². The molecule has 1 fully saturated rings. The van der Waals surface area contributed by atoms with Crippen LogP contribution in [0.4, 0.5) is 0 Å². The van der Waals surface area contributed by atoms with Crippen LogP contribution in [0.2, 0.25) is 0 Å². The molecule has 1 saturated heterocycles. The highest BCUT2D eigenvalue weighted by Gasteiger charge is 2.30. The van der Waals surface area contributed by atoms with Crippen molar-refractivity contribution in [3.63, 3.8) is 0 Å². The maximum Gasteiger partial charge on any atom is 0.256 e. The number of rotatable bonds is 4. The number of nitrogens with zero attached hydrogens (tertiary/aromatic N) is 1. The maximum atomic E-state index is 11.8. The van der Waals surface area contributed by atoms with Gasteiger partial charge in [-0.1, -0.05) is 0 Å². The Morgan fingerprint density at radius 3 is 2.80 bits per heavy atom. The first-order valence-electron chi connectivity index (χ1n) is 6.60. The Balaban J connectivity index is 1.79. The molecular weight excluding hydrogens is 262 g/mol. The van der Waals surface area contributed by atoms with Gasteiger partial charge in [-0.15, -0.1) is 0 Å². The Morgan fingerprint density at radius 1 is 1.45 bits per heavy atom. The number of piperidine rings is 1. The van der Waals surface area contributed by atoms with Gasteiger partial charge in [0.25, 0.3) is 11.8 Å². The zero-order valence-corrected chi connectivity index (χ0v) is 11.3. The molecule has 0 spiro atoms. The van der Waals surface area contributed by atoms with Gasteiger partial charge in [-0.2, -0.15) is 0 Å². The normalized spacial score (nSPS) is 22.6. The second kappa shape index (κ2) is 5.85. The van der Waals surface area contributed by atoms with Crippen molar-refractivity contribution in [1.82, 2.24) is 15.5 Å². The molecule has 7 nitrogen and oxygen atoms in total. The van der Waals surface area contributed by atoms with E-state index in [4.69, 9.17) is 0 Å². The highest BCUT2D eigenvalue weighted by atomic mass is 16.2. The molecule has 0 aromatic heterocycles. The summed E-state index contributed by atoms with van der Waals surface area (Å²) in [4.78, 5) is 47.5. The molecule has 20 heavy (non-hydrogen) atoms. The van der Waals surface area contributed by atoms with Gasteiger partial charge >= 0.3 is 0 Å². The van der Waals surface area contributed by atoms with Crippen LogP contribution in [0.5, 0.6) is 0 Å². The van der Waals surface area contributed by atoms with Crippen molar-refractivity contribution >= 4 is 23.6 Å². The molecular formula is C13H17N3O4. The number of carbonyl (C=O) groups excluding carboxylic acids is 4. The third-order valence-corrected chi connectivity index (χ3v) is 3.42. The molecule has 1 atom stereocenters. The van der Waals surface area contributed by atoms with Crippen LogP contribution in [0.25, 0.3) is 0 Å². The molecule has 4 amide bonds. The Bertz CT molecular complexity index is 498. The summed E-state index contributed by atoms with van der Waals surface area (Å²) in [5.74, 6) is -1.99. The molecule has 0 saturated carbocycles. The number of carbonyl (C=O) groups is 4. The highest BCUT2D eigenvalue weighted by molar-refractivity contribution is 6.15. The summed E-state index contributed by atoms with van der Waals surface area (Å²) in [7, 11) is 0. The van der Waals surface area contributed by atoms with Crippen LogP contribution in [0, 0.1) is 5.92 Å². The molecule has 0 radical (unpaired) electrons. The molecule has 0 unspecified atom stereocenters. The van der Waals surface area contributed by atoms with Crippen LogP contribution in [0.3, 0.4) is 0 Å². The summed E-state index contributed by atoms with van der Waals surface area (Å²) in [6.07, 6.45) is 2.58. The van der Waals surface area contributed by atoms with Crippen LogP contribution >= 0.6 is 0 Å². The predicted octanol–water partition coefficient (Wildman–Crippen LogP) is -1.06. The van der Waals surface area contributed by atoms with Gasteiger partial charge in [-0.3, -0.25) is 24.1 Å². The zero-order valence-electron chi connectivity index (χ0n) is 11.3. The lowest BCUT2D eigenvalue weighted by Crippen LogP contribution is -2.47. The summed E-state index contributed by atoms with van der Waals surface area (Å²) < 4.78 is 0. The monoisotopic (exact) mass is 279 g/mol. The van der Waals surface area contributed by atoms with E-state index in [1.165, 1.54) is 6.08 Å². The lowest BCUT2D eigenvalue weighted by Gasteiger charge is -2.21. The number of hydrogen-bond donors (Lipinski definition) is 2. The number of nitrogens with one attached hydrogen (secondary N) is 2. The van der Waals surface area contributed by atoms with Crippen molar-refractivity contribution in [2.75, 3.05) is 19.6 Å². The van der Waals surface area contributed by atoms with Crippen molar-refractivity contribution in [2.24, 2.45) is 5.92 Å². The van der Waals surface area contributed by atoms with Gasteiger partial charge in [0, 0.05) is 31.3 Å². The smallest absolute Gasteiger partial charge is 0.256 e. The van der Waals surface area contributed by atoms with Gasteiger partial charge in [-0.05, 0) is 19.8 Å². The molecule has 0 aromatic rings. The molecule has 7 heteroatoms. The molecule has 2 aliphatic rings. The van der Waals surface area contributed by atoms with E-state index < -0.39 is 5.92 Å². The molecule has 0 aliphatic carbocycles. The minimum atomic E-state index is -0.673. The fraction of sp³-hybridized carbons (Fsp3) is 0.538. The largest absolute Gasteiger partial charge is 0.355 e. The van der Waals surface area contributed by atoms with E-state index in [0.717, 1.165) is 11.3 Å². The molecule has 2 heterocycles. The number of hydrogen-bond acceptors (Lipinski definition) is 4. The lowest BCUT2D eigenvalue weighted by atomic mass is 9.98. The standard InChI is InChI=1S/C13H17N3O4/c1-8-7-10(17)16(13(8)20)6-5-15-12(19)9-3-2-4-14-11(9)18/h7,9H,2-6H2,1H3,(H,14,18)(H,15,19)/t9-/m1/s1. The van der Waals surface area contributed by atoms with E-state index in [1.54, 1.807) is 6.92 Å². The van der Waals surface area contributed by atoms with Crippen molar-refractivity contribution in [3.05, 3.63) is 11.6 Å². The fourth-order valence-corrected chi connectivity index (χ4v) is 2.29. The average Bonchev–Trinajstić information content (AvgIpc) is 2.65. The van der Waals surface area contributed by atoms with Crippen LogP contribution in [0.15, 0.2) is 11.6 Å². The Hall–Kier alpha value is -2.18. The average molecular weight is 279 g/mol. The van der Waals surface area contributed by atoms with Crippen molar-refractivity contribution in [1.29, 1.82) is 0 Å². The van der Waals surface area contributed by atoms with E-state index in [0.29, 0.717) is 18.5 Å². The second-order valence-electron chi connectivity index (χ2n) is 4.90. The Labute approximate surface area is 116 Å². The summed E-state index contributed by atoms with van der Waals surface area (Å²) in [6, 6.07) is 0. The van der Waals surface area contributed by atoms with Gasteiger partial charge in [0.2, 0.25) is 11.8 Å². The molecule has 0 aromatic carbocycles. The van der Waals surface area contributed by atoms with E-state index in [9.17, 15) is 19.2 Å². The molecule has 0 bridgehead atoms. The van der Waals surface area contributed by atoms with E-state index in [-0.39, 0.29) is 36.7 Å². The van der Waals surface area contributed by atoms with Gasteiger partial charge in [0.05, 0.1) is 0 Å². The summed E-state index contributed by atoms with van der Waals surface area (Å²) in [5, 5.41) is 5.23. The van der Waals surface area contributed by atoms with Gasteiger partial charge < -0.3 is 10.6 Å². The van der Waals surface area contributed by atoms with Crippen LogP contribution in [0.1, 0.15) is 19.8 Å². The Morgan fingerprint density at radius 2 is 2.20 bits per heavy atom.